The maximum atomic E-state index is 12.2. The van der Waals surface area contributed by atoms with Crippen LogP contribution in [-0.2, 0) is 9.53 Å². The summed E-state index contributed by atoms with van der Waals surface area (Å²) in [5.74, 6) is 3.19. The molecular formula is C19H25IN4O2. The van der Waals surface area contributed by atoms with Gasteiger partial charge >= 0.3 is 0 Å². The normalized spacial score (nSPS) is 22.0. The maximum absolute atomic E-state index is 12.2. The van der Waals surface area contributed by atoms with Crippen LogP contribution in [0.3, 0.4) is 0 Å². The van der Waals surface area contributed by atoms with Gasteiger partial charge in [0, 0.05) is 43.4 Å². The minimum absolute atomic E-state index is 0. The van der Waals surface area contributed by atoms with Crippen LogP contribution in [0.4, 0.5) is 5.69 Å². The highest BCUT2D eigenvalue weighted by Crippen LogP contribution is 2.38. The molecule has 1 aromatic rings. The third-order valence-electron chi connectivity index (χ3n) is 4.85. The average molecular weight is 468 g/mol. The molecule has 7 heteroatoms. The summed E-state index contributed by atoms with van der Waals surface area (Å²) in [6.07, 6.45) is 7.59. The number of halogens is 1. The Balaban J connectivity index is 0.00000243. The summed E-state index contributed by atoms with van der Waals surface area (Å²) < 4.78 is 5.56. The van der Waals surface area contributed by atoms with Crippen molar-refractivity contribution in [1.29, 1.82) is 0 Å². The van der Waals surface area contributed by atoms with E-state index in [1.54, 1.807) is 13.1 Å². The van der Waals surface area contributed by atoms with Crippen LogP contribution in [0.15, 0.2) is 29.3 Å². The second-order valence-corrected chi connectivity index (χ2v) is 6.65. The fourth-order valence-electron chi connectivity index (χ4n) is 3.47. The van der Waals surface area contributed by atoms with Gasteiger partial charge in [-0.2, -0.15) is 0 Å². The van der Waals surface area contributed by atoms with Crippen LogP contribution in [0.25, 0.3) is 0 Å². The molecule has 0 aromatic heterocycles. The van der Waals surface area contributed by atoms with Gasteiger partial charge in [0.25, 0.3) is 0 Å². The molecule has 1 atom stereocenters. The SMILES string of the molecule is C#Cc1cccc(NC(=O)CNC(=NC)N2CCC3(CCOC3)C2)c1.I. The molecule has 2 heterocycles. The lowest BCUT2D eigenvalue weighted by atomic mass is 9.87. The highest BCUT2D eigenvalue weighted by atomic mass is 127. The molecule has 6 nitrogen and oxygen atoms in total. The van der Waals surface area contributed by atoms with Crippen LogP contribution in [0.1, 0.15) is 18.4 Å². The predicted octanol–water partition coefficient (Wildman–Crippen LogP) is 1.91. The molecule has 2 fully saturated rings. The number of carbonyl (C=O) groups excluding carboxylic acids is 1. The highest BCUT2D eigenvalue weighted by molar-refractivity contribution is 14.0. The molecule has 0 saturated carbocycles. The molecule has 2 aliphatic rings. The second kappa shape index (κ2) is 9.24. The van der Waals surface area contributed by atoms with Crippen molar-refractivity contribution < 1.29 is 9.53 Å². The number of rotatable bonds is 3. The van der Waals surface area contributed by atoms with Crippen molar-refractivity contribution in [3.05, 3.63) is 29.8 Å². The molecule has 1 spiro atoms. The van der Waals surface area contributed by atoms with E-state index in [1.165, 1.54) is 0 Å². The summed E-state index contributed by atoms with van der Waals surface area (Å²) >= 11 is 0. The fourth-order valence-corrected chi connectivity index (χ4v) is 3.47. The number of likely N-dealkylation sites (tertiary alicyclic amines) is 1. The molecule has 2 aliphatic heterocycles. The zero-order chi connectivity index (χ0) is 17.7. The Morgan fingerprint density at radius 1 is 1.46 bits per heavy atom. The number of nitrogens with zero attached hydrogens (tertiary/aromatic N) is 2. The van der Waals surface area contributed by atoms with E-state index in [0.29, 0.717) is 5.69 Å². The van der Waals surface area contributed by atoms with E-state index in [2.05, 4.69) is 26.4 Å². The molecule has 1 unspecified atom stereocenters. The maximum Gasteiger partial charge on any atom is 0.243 e. The Morgan fingerprint density at radius 3 is 3.00 bits per heavy atom. The van der Waals surface area contributed by atoms with Crippen molar-refractivity contribution in [2.75, 3.05) is 45.2 Å². The van der Waals surface area contributed by atoms with E-state index in [-0.39, 0.29) is 41.8 Å². The first-order valence-corrected chi connectivity index (χ1v) is 8.54. The molecule has 0 bridgehead atoms. The van der Waals surface area contributed by atoms with Crippen molar-refractivity contribution in [3.8, 4) is 12.3 Å². The topological polar surface area (TPSA) is 66.0 Å². The van der Waals surface area contributed by atoms with Gasteiger partial charge in [-0.1, -0.05) is 12.0 Å². The van der Waals surface area contributed by atoms with E-state index in [0.717, 1.165) is 50.7 Å². The number of guanidine groups is 1. The summed E-state index contributed by atoms with van der Waals surface area (Å²) in [6, 6.07) is 7.24. The molecule has 1 amide bonds. The van der Waals surface area contributed by atoms with Crippen LogP contribution in [-0.4, -0.2) is 56.7 Å². The van der Waals surface area contributed by atoms with Crippen LogP contribution in [0.2, 0.25) is 0 Å². The zero-order valence-corrected chi connectivity index (χ0v) is 17.3. The van der Waals surface area contributed by atoms with Crippen molar-refractivity contribution in [2.45, 2.75) is 12.8 Å². The zero-order valence-electron chi connectivity index (χ0n) is 15.0. The number of terminal acetylenes is 1. The van der Waals surface area contributed by atoms with Crippen LogP contribution in [0, 0.1) is 17.8 Å². The van der Waals surface area contributed by atoms with E-state index in [4.69, 9.17) is 11.2 Å². The van der Waals surface area contributed by atoms with Gasteiger partial charge in [-0.15, -0.1) is 30.4 Å². The Bertz CT molecular complexity index is 708. The summed E-state index contributed by atoms with van der Waals surface area (Å²) in [5.41, 5.74) is 1.69. The standard InChI is InChI=1S/C19H24N4O2.HI/c1-3-15-5-4-6-16(11-15)22-17(24)12-21-18(20-2)23-9-7-19(13-23)8-10-25-14-19;/h1,4-6,11H,7-10,12-14H2,2H3,(H,20,21)(H,22,24);1H. The molecule has 140 valence electrons. The van der Waals surface area contributed by atoms with Crippen molar-refractivity contribution >= 4 is 41.5 Å². The molecule has 0 radical (unpaired) electrons. The molecule has 2 saturated heterocycles. The third kappa shape index (κ3) is 4.89. The molecule has 2 N–H and O–H groups in total. The fraction of sp³-hybridized carbons (Fsp3) is 0.474. The first-order chi connectivity index (χ1) is 12.1. The van der Waals surface area contributed by atoms with Crippen molar-refractivity contribution in [3.63, 3.8) is 0 Å². The molecule has 1 aromatic carbocycles. The lowest BCUT2D eigenvalue weighted by Gasteiger charge is -2.24. The lowest BCUT2D eigenvalue weighted by molar-refractivity contribution is -0.115. The van der Waals surface area contributed by atoms with Gasteiger partial charge in [-0.05, 0) is 31.0 Å². The van der Waals surface area contributed by atoms with Gasteiger partial charge in [0.1, 0.15) is 0 Å². The summed E-state index contributed by atoms with van der Waals surface area (Å²) in [5, 5.41) is 5.99. The van der Waals surface area contributed by atoms with Crippen LogP contribution < -0.4 is 10.6 Å². The van der Waals surface area contributed by atoms with Gasteiger partial charge < -0.3 is 20.3 Å². The number of amides is 1. The number of hydrogen-bond acceptors (Lipinski definition) is 3. The quantitative estimate of drug-likeness (QED) is 0.308. The number of hydrogen-bond donors (Lipinski definition) is 2. The first-order valence-electron chi connectivity index (χ1n) is 8.54. The lowest BCUT2D eigenvalue weighted by Crippen LogP contribution is -2.44. The number of aliphatic imine (C=N–C) groups is 1. The van der Waals surface area contributed by atoms with Gasteiger partial charge in [-0.25, -0.2) is 0 Å². The summed E-state index contributed by atoms with van der Waals surface area (Å²) in [7, 11) is 1.74. The summed E-state index contributed by atoms with van der Waals surface area (Å²) in [6.45, 7) is 3.70. The number of ether oxygens (including phenoxy) is 1. The van der Waals surface area contributed by atoms with Gasteiger partial charge in [0.2, 0.25) is 5.91 Å². The van der Waals surface area contributed by atoms with Crippen molar-refractivity contribution in [1.82, 2.24) is 10.2 Å². The highest BCUT2D eigenvalue weighted by Gasteiger charge is 2.42. The smallest absolute Gasteiger partial charge is 0.243 e. The van der Waals surface area contributed by atoms with E-state index in [9.17, 15) is 4.79 Å². The molecule has 3 rings (SSSR count). The minimum Gasteiger partial charge on any atom is -0.381 e. The largest absolute Gasteiger partial charge is 0.381 e. The number of nitrogens with one attached hydrogen (secondary N) is 2. The first kappa shape index (κ1) is 20.5. The Kier molecular flexibility index (Phi) is 7.29. The summed E-state index contributed by atoms with van der Waals surface area (Å²) in [4.78, 5) is 18.7. The Hall–Kier alpha value is -1.79. The van der Waals surface area contributed by atoms with Crippen LogP contribution in [0.5, 0.6) is 0 Å². The Morgan fingerprint density at radius 2 is 2.31 bits per heavy atom. The monoisotopic (exact) mass is 468 g/mol. The third-order valence-corrected chi connectivity index (χ3v) is 4.85. The number of anilines is 1. The molecular weight excluding hydrogens is 443 g/mol. The van der Waals surface area contributed by atoms with Crippen molar-refractivity contribution in [2.24, 2.45) is 10.4 Å². The van der Waals surface area contributed by atoms with Gasteiger partial charge in [-0.3, -0.25) is 9.79 Å². The van der Waals surface area contributed by atoms with Crippen LogP contribution >= 0.6 is 24.0 Å². The van der Waals surface area contributed by atoms with Gasteiger partial charge in [0.15, 0.2) is 5.96 Å². The van der Waals surface area contributed by atoms with E-state index >= 15 is 0 Å². The average Bonchev–Trinajstić information content (AvgIpc) is 3.26. The molecule has 0 aliphatic carbocycles. The minimum atomic E-state index is -0.131. The van der Waals surface area contributed by atoms with E-state index in [1.807, 2.05) is 18.2 Å². The second-order valence-electron chi connectivity index (χ2n) is 6.65. The predicted molar refractivity (Wildman–Crippen MR) is 114 cm³/mol. The number of carbonyl (C=O) groups is 1. The Labute approximate surface area is 171 Å². The molecule has 26 heavy (non-hydrogen) atoms. The number of benzene rings is 1. The van der Waals surface area contributed by atoms with E-state index < -0.39 is 0 Å². The van der Waals surface area contributed by atoms with Gasteiger partial charge in [0.05, 0.1) is 13.2 Å².